The zero-order valence-corrected chi connectivity index (χ0v) is 37.2. The second kappa shape index (κ2) is 21.5. The number of benzene rings is 2. The summed E-state index contributed by atoms with van der Waals surface area (Å²) in [5, 5.41) is 10.5. The number of piperidine rings is 2. The quantitative estimate of drug-likeness (QED) is 0.234. The number of carbonyl (C=O) groups excluding carboxylic acids is 4. The number of ether oxygens (including phenoxy) is 8. The Morgan fingerprint density at radius 1 is 0.672 bits per heavy atom. The van der Waals surface area contributed by atoms with Gasteiger partial charge in [0.15, 0.2) is 36.5 Å². The molecule has 0 radical (unpaired) electrons. The number of phenols is 1. The third kappa shape index (κ3) is 9.97. The molecule has 17 nitrogen and oxygen atoms in total. The number of aryl methyl sites for hydroxylation is 1. The van der Waals surface area contributed by atoms with E-state index in [1.165, 1.54) is 41.2 Å². The normalized spacial score (nSPS) is 25.4. The van der Waals surface area contributed by atoms with Gasteiger partial charge in [0.05, 0.1) is 48.8 Å². The van der Waals surface area contributed by atoms with E-state index in [-0.39, 0.29) is 59.9 Å². The highest BCUT2D eigenvalue weighted by molar-refractivity contribution is 6.07. The maximum absolute atomic E-state index is 13.7. The molecule has 6 heterocycles. The number of aromatic hydroxyl groups is 1. The van der Waals surface area contributed by atoms with Crippen molar-refractivity contribution in [2.45, 2.75) is 121 Å². The molecule has 6 atom stereocenters. The average molecular weight is 891 g/mol. The Bertz CT molecular complexity index is 1880. The number of amides is 4. The molecule has 4 amide bonds. The summed E-state index contributed by atoms with van der Waals surface area (Å²) in [6, 6.07) is 5.67. The summed E-state index contributed by atoms with van der Waals surface area (Å²) in [6.07, 6.45) is 9.68. The molecule has 0 spiro atoms. The molecule has 6 aliphatic heterocycles. The first-order chi connectivity index (χ1) is 31.1. The fraction of sp³-hybridized carbons (Fsp3) is 0.574. The summed E-state index contributed by atoms with van der Waals surface area (Å²) >= 11 is 0. The van der Waals surface area contributed by atoms with Gasteiger partial charge in [-0.3, -0.25) is 9.59 Å². The number of fused-ring (bicyclic) bond motifs is 4. The first-order valence-corrected chi connectivity index (χ1v) is 22.5. The van der Waals surface area contributed by atoms with E-state index in [2.05, 4.69) is 13.2 Å². The minimum atomic E-state index is -0.825. The van der Waals surface area contributed by atoms with Gasteiger partial charge in [-0.2, -0.15) is 0 Å². The van der Waals surface area contributed by atoms with Crippen LogP contribution in [0.2, 0.25) is 0 Å². The number of methoxy groups -OCH3 is 2. The highest BCUT2D eigenvalue weighted by Gasteiger charge is 2.48. The van der Waals surface area contributed by atoms with Crippen molar-refractivity contribution in [1.29, 1.82) is 0 Å². The number of carbonyl (C=O) groups is 4. The Morgan fingerprint density at radius 2 is 1.12 bits per heavy atom. The predicted molar refractivity (Wildman–Crippen MR) is 235 cm³/mol. The van der Waals surface area contributed by atoms with Gasteiger partial charge in [0.25, 0.3) is 11.8 Å². The Morgan fingerprint density at radius 3 is 1.56 bits per heavy atom. The second-order valence-electron chi connectivity index (χ2n) is 16.6. The van der Waals surface area contributed by atoms with Crippen LogP contribution in [0.5, 0.6) is 17.2 Å². The monoisotopic (exact) mass is 890 g/mol. The number of anilines is 2. The topological polar surface area (TPSA) is 175 Å². The summed E-state index contributed by atoms with van der Waals surface area (Å²) in [4.78, 5) is 60.3. The van der Waals surface area contributed by atoms with Crippen molar-refractivity contribution in [3.63, 3.8) is 0 Å². The summed E-state index contributed by atoms with van der Waals surface area (Å²) in [7, 11) is 2.98. The van der Waals surface area contributed by atoms with Crippen LogP contribution in [0, 0.1) is 6.92 Å². The van der Waals surface area contributed by atoms with Gasteiger partial charge in [-0.25, -0.2) is 19.4 Å². The molecular formula is C47H62N4O13. The van der Waals surface area contributed by atoms with Gasteiger partial charge in [-0.15, -0.1) is 0 Å². The molecule has 0 saturated carbocycles. The van der Waals surface area contributed by atoms with Crippen molar-refractivity contribution in [3.8, 4) is 17.2 Å². The van der Waals surface area contributed by atoms with Crippen molar-refractivity contribution < 1.29 is 62.2 Å². The van der Waals surface area contributed by atoms with Gasteiger partial charge < -0.3 is 52.8 Å². The van der Waals surface area contributed by atoms with E-state index in [1.807, 2.05) is 11.8 Å². The number of rotatable bonds is 10. The molecule has 0 aromatic heterocycles. The minimum Gasteiger partial charge on any atom is -0.504 e. The van der Waals surface area contributed by atoms with Crippen molar-refractivity contribution in [2.24, 2.45) is 0 Å². The Labute approximate surface area is 374 Å². The van der Waals surface area contributed by atoms with Crippen LogP contribution in [0.1, 0.15) is 103 Å². The van der Waals surface area contributed by atoms with E-state index in [0.29, 0.717) is 56.1 Å². The first kappa shape index (κ1) is 46.6. The number of nitrogens with zero attached hydrogens (tertiary/aromatic N) is 4. The lowest BCUT2D eigenvalue weighted by Gasteiger charge is -2.42. The average Bonchev–Trinajstić information content (AvgIpc) is 3.48. The van der Waals surface area contributed by atoms with Crippen LogP contribution in [0.25, 0.3) is 0 Å². The largest absolute Gasteiger partial charge is 0.504 e. The van der Waals surface area contributed by atoms with Crippen LogP contribution < -0.4 is 19.3 Å². The van der Waals surface area contributed by atoms with Crippen LogP contribution in [0.4, 0.5) is 21.0 Å². The number of phenolic OH excluding ortho intramolecular Hbond substituents is 1. The van der Waals surface area contributed by atoms with Crippen LogP contribution in [-0.2, 0) is 28.4 Å². The molecule has 4 saturated heterocycles. The lowest BCUT2D eigenvalue weighted by atomic mass is 10.00. The van der Waals surface area contributed by atoms with Crippen molar-refractivity contribution in [3.05, 3.63) is 66.3 Å². The summed E-state index contributed by atoms with van der Waals surface area (Å²) in [6.45, 7) is 11.6. The van der Waals surface area contributed by atoms with Crippen molar-refractivity contribution in [1.82, 2.24) is 9.80 Å². The number of hydrogen-bond donors (Lipinski definition) is 1. The van der Waals surface area contributed by atoms with E-state index in [9.17, 15) is 24.3 Å². The molecular weight excluding hydrogens is 829 g/mol. The molecule has 0 aliphatic carbocycles. The van der Waals surface area contributed by atoms with Crippen LogP contribution >= 0.6 is 0 Å². The zero-order valence-electron chi connectivity index (χ0n) is 37.2. The predicted octanol–water partition coefficient (Wildman–Crippen LogP) is 7.42. The van der Waals surface area contributed by atoms with Gasteiger partial charge in [0.2, 0.25) is 0 Å². The zero-order chi connectivity index (χ0) is 45.3. The molecule has 4 fully saturated rings. The molecule has 8 rings (SSSR count). The molecule has 1 N–H and O–H groups in total. The van der Waals surface area contributed by atoms with Gasteiger partial charge in [-0.05, 0) is 108 Å². The van der Waals surface area contributed by atoms with Crippen LogP contribution in [0.15, 0.2) is 49.6 Å². The van der Waals surface area contributed by atoms with E-state index < -0.39 is 37.2 Å². The minimum absolute atomic E-state index is 0.00177. The van der Waals surface area contributed by atoms with Crippen LogP contribution in [0.3, 0.4) is 0 Å². The van der Waals surface area contributed by atoms with E-state index in [1.54, 1.807) is 24.1 Å². The van der Waals surface area contributed by atoms with Crippen molar-refractivity contribution in [2.75, 3.05) is 63.5 Å². The third-order valence-electron chi connectivity index (χ3n) is 12.5. The highest BCUT2D eigenvalue weighted by Crippen LogP contribution is 2.43. The first-order valence-electron chi connectivity index (χ1n) is 22.5. The molecule has 4 unspecified atom stereocenters. The van der Waals surface area contributed by atoms with Gasteiger partial charge in [-0.1, -0.05) is 25.3 Å². The Kier molecular flexibility index (Phi) is 15.7. The van der Waals surface area contributed by atoms with E-state index >= 15 is 0 Å². The van der Waals surface area contributed by atoms with E-state index in [0.717, 1.165) is 69.8 Å². The fourth-order valence-electron chi connectivity index (χ4n) is 9.35. The maximum atomic E-state index is 13.7. The summed E-state index contributed by atoms with van der Waals surface area (Å²) in [5.74, 6) is 0.202. The molecule has 0 bridgehead atoms. The summed E-state index contributed by atoms with van der Waals surface area (Å²) in [5.41, 5.74) is 2.16. The molecule has 6 aliphatic rings. The van der Waals surface area contributed by atoms with Crippen LogP contribution in [-0.4, -0.2) is 130 Å². The smallest absolute Gasteiger partial charge is 0.416 e. The summed E-state index contributed by atoms with van der Waals surface area (Å²) < 4.78 is 46.0. The SMILES string of the molecule is C=CCOC(=O)N1c2cc(C)c(OC)cc2C(=O)N2CCCC[C@H]2C1OC1CCCCO1.C=CCOC(=O)N1c2cc(O)c(OC)cc2C(=O)N2CCCC[C@H]2C1OC1CCCCO1. The van der Waals surface area contributed by atoms with Gasteiger partial charge >= 0.3 is 12.2 Å². The maximum Gasteiger partial charge on any atom is 0.416 e. The standard InChI is InChI=1S/C24H32N2O6.C23H30N2O7/c1-4-12-31-24(28)26-19-14-16(2)20(29-3)15-17(19)22(27)25-11-7-5-9-18(25)23(26)32-21-10-6-8-13-30-21;1-3-11-31-23(28)25-17-14-18(26)19(29-2)13-15(17)21(27)24-10-6-4-8-16(24)22(25)32-20-9-5-7-12-30-20/h4,14-15,18,21,23H,1,5-13H2,2-3H3;3,13-14,16,20,22,26H,1,4-12H2,2H3/t18-,21?,23?;16-,20?,22?/m00/s1. The molecule has 348 valence electrons. The Balaban J connectivity index is 0.000000191. The fourth-order valence-corrected chi connectivity index (χ4v) is 9.35. The third-order valence-corrected chi connectivity index (χ3v) is 12.5. The van der Waals surface area contributed by atoms with Gasteiger partial charge in [0, 0.05) is 32.4 Å². The Hall–Kier alpha value is -5.36. The van der Waals surface area contributed by atoms with E-state index in [4.69, 9.17) is 37.9 Å². The van der Waals surface area contributed by atoms with Gasteiger partial charge in [0.1, 0.15) is 19.0 Å². The lowest BCUT2D eigenvalue weighted by molar-refractivity contribution is -0.199. The molecule has 2 aromatic carbocycles. The van der Waals surface area contributed by atoms with Crippen molar-refractivity contribution >= 4 is 35.4 Å². The highest BCUT2D eigenvalue weighted by atomic mass is 16.7. The molecule has 2 aromatic rings. The molecule has 64 heavy (non-hydrogen) atoms. The second-order valence-corrected chi connectivity index (χ2v) is 16.6. The number of hydrogen-bond acceptors (Lipinski definition) is 13. The molecule has 17 heteroatoms. The lowest BCUT2D eigenvalue weighted by Crippen LogP contribution is -2.57.